The first-order chi connectivity index (χ1) is 8.77. The van der Waals surface area contributed by atoms with Gasteiger partial charge in [-0.1, -0.05) is 24.1 Å². The Morgan fingerprint density at radius 1 is 1.32 bits per heavy atom. The van der Waals surface area contributed by atoms with Crippen LogP contribution in [0.15, 0.2) is 23.1 Å². The van der Waals surface area contributed by atoms with Gasteiger partial charge in [-0.2, -0.15) is 4.31 Å². The summed E-state index contributed by atoms with van der Waals surface area (Å²) in [5, 5.41) is -0.170. The lowest BCUT2D eigenvalue weighted by atomic mass is 9.93. The summed E-state index contributed by atoms with van der Waals surface area (Å²) in [4.78, 5) is -0.338. The third-order valence-electron chi connectivity index (χ3n) is 3.56. The van der Waals surface area contributed by atoms with Crippen molar-refractivity contribution in [1.82, 2.24) is 4.31 Å². The van der Waals surface area contributed by atoms with E-state index in [1.807, 2.05) is 13.8 Å². The maximum absolute atomic E-state index is 14.0. The lowest BCUT2D eigenvalue weighted by molar-refractivity contribution is 0.169. The molecule has 106 valence electrons. The minimum atomic E-state index is -3.85. The molecule has 1 aromatic carbocycles. The van der Waals surface area contributed by atoms with Crippen LogP contribution in [0, 0.1) is 5.82 Å². The lowest BCUT2D eigenvalue weighted by Crippen LogP contribution is -2.50. The fourth-order valence-electron chi connectivity index (χ4n) is 2.49. The molecule has 1 heterocycles. The van der Waals surface area contributed by atoms with Crippen LogP contribution in [0.25, 0.3) is 0 Å². The average Bonchev–Trinajstić information content (AvgIpc) is 2.31. The van der Waals surface area contributed by atoms with Crippen LogP contribution in [0.3, 0.4) is 0 Å². The summed E-state index contributed by atoms with van der Waals surface area (Å²) in [7, 11) is -3.85. The highest BCUT2D eigenvalue weighted by Gasteiger charge is 2.40. The SMILES string of the molecule is CC1(C)CCCCN1S(=O)(=O)c1cccc(Cl)c1F. The van der Waals surface area contributed by atoms with Crippen LogP contribution >= 0.6 is 11.6 Å². The van der Waals surface area contributed by atoms with Gasteiger partial charge in [0, 0.05) is 12.1 Å². The normalized spacial score (nSPS) is 20.4. The number of hydrogen-bond donors (Lipinski definition) is 0. The standard InChI is InChI=1S/C13H17ClFNO2S/c1-13(2)8-3-4-9-16(13)19(17,18)11-7-5-6-10(14)12(11)15/h5-7H,3-4,8-9H2,1-2H3. The van der Waals surface area contributed by atoms with Crippen molar-refractivity contribution in [2.45, 2.75) is 43.5 Å². The monoisotopic (exact) mass is 305 g/mol. The fraction of sp³-hybridized carbons (Fsp3) is 0.538. The molecule has 6 heteroatoms. The van der Waals surface area contributed by atoms with E-state index < -0.39 is 21.4 Å². The van der Waals surface area contributed by atoms with Gasteiger partial charge in [0.1, 0.15) is 4.90 Å². The fourth-order valence-corrected chi connectivity index (χ4v) is 4.65. The predicted molar refractivity (Wildman–Crippen MR) is 73.2 cm³/mol. The third-order valence-corrected chi connectivity index (χ3v) is 5.98. The van der Waals surface area contributed by atoms with Crippen LogP contribution in [0.1, 0.15) is 33.1 Å². The number of hydrogen-bond acceptors (Lipinski definition) is 2. The molecule has 0 unspecified atom stereocenters. The molecule has 0 aliphatic carbocycles. The molecule has 0 aromatic heterocycles. The van der Waals surface area contributed by atoms with Gasteiger partial charge >= 0.3 is 0 Å². The summed E-state index contributed by atoms with van der Waals surface area (Å²) in [6, 6.07) is 4.06. The Morgan fingerprint density at radius 2 is 2.00 bits per heavy atom. The molecular formula is C13H17ClFNO2S. The molecule has 2 rings (SSSR count). The molecule has 1 saturated heterocycles. The first-order valence-corrected chi connectivity index (χ1v) is 8.05. The Labute approximate surface area is 118 Å². The van der Waals surface area contributed by atoms with E-state index in [1.54, 1.807) is 0 Å². The van der Waals surface area contributed by atoms with Crippen LogP contribution in [0.5, 0.6) is 0 Å². The van der Waals surface area contributed by atoms with Gasteiger partial charge in [0.15, 0.2) is 5.82 Å². The van der Waals surface area contributed by atoms with Crippen molar-refractivity contribution in [3.05, 3.63) is 29.0 Å². The van der Waals surface area contributed by atoms with Gasteiger partial charge in [-0.15, -0.1) is 0 Å². The van der Waals surface area contributed by atoms with Gasteiger partial charge in [0.25, 0.3) is 0 Å². The van der Waals surface area contributed by atoms with Gasteiger partial charge in [0.2, 0.25) is 10.0 Å². The Bertz CT molecular complexity index is 586. The Balaban J connectivity index is 2.50. The zero-order valence-electron chi connectivity index (χ0n) is 11.0. The van der Waals surface area contributed by atoms with Crippen molar-refractivity contribution < 1.29 is 12.8 Å². The van der Waals surface area contributed by atoms with E-state index in [0.717, 1.165) is 19.3 Å². The molecule has 1 aliphatic heterocycles. The largest absolute Gasteiger partial charge is 0.246 e. The number of piperidine rings is 1. The van der Waals surface area contributed by atoms with Crippen LogP contribution < -0.4 is 0 Å². The maximum atomic E-state index is 14.0. The van der Waals surface area contributed by atoms with E-state index in [1.165, 1.54) is 22.5 Å². The van der Waals surface area contributed by atoms with Gasteiger partial charge in [-0.25, -0.2) is 12.8 Å². The summed E-state index contributed by atoms with van der Waals surface area (Å²) < 4.78 is 40.6. The van der Waals surface area contributed by atoms with Crippen LogP contribution in [-0.4, -0.2) is 24.8 Å². The second-order valence-corrected chi connectivity index (χ2v) is 7.64. The van der Waals surface area contributed by atoms with Crippen LogP contribution in [0.4, 0.5) is 4.39 Å². The molecule has 0 saturated carbocycles. The van der Waals surface area contributed by atoms with Crippen molar-refractivity contribution >= 4 is 21.6 Å². The Hall–Kier alpha value is -0.650. The number of nitrogens with zero attached hydrogens (tertiary/aromatic N) is 1. The molecule has 1 fully saturated rings. The first kappa shape index (κ1) is 14.8. The molecule has 3 nitrogen and oxygen atoms in total. The molecular weight excluding hydrogens is 289 g/mol. The summed E-state index contributed by atoms with van der Waals surface area (Å²) in [6.07, 6.45) is 2.55. The third kappa shape index (κ3) is 2.64. The van der Waals surface area contributed by atoms with E-state index in [0.29, 0.717) is 6.54 Å². The number of rotatable bonds is 2. The zero-order chi connectivity index (χ0) is 14.3. The van der Waals surface area contributed by atoms with Gasteiger partial charge < -0.3 is 0 Å². The van der Waals surface area contributed by atoms with Gasteiger partial charge in [-0.05, 0) is 38.8 Å². The molecule has 0 N–H and O–H groups in total. The molecule has 19 heavy (non-hydrogen) atoms. The summed E-state index contributed by atoms with van der Waals surface area (Å²) >= 11 is 5.67. The molecule has 0 amide bonds. The van der Waals surface area contributed by atoms with E-state index in [9.17, 15) is 12.8 Å². The molecule has 1 aliphatic rings. The molecule has 0 atom stereocenters. The summed E-state index contributed by atoms with van der Waals surface area (Å²) in [5.74, 6) is -0.870. The van der Waals surface area contributed by atoms with Crippen molar-refractivity contribution in [3.63, 3.8) is 0 Å². The van der Waals surface area contributed by atoms with E-state index in [2.05, 4.69) is 0 Å². The zero-order valence-corrected chi connectivity index (χ0v) is 12.6. The van der Waals surface area contributed by atoms with Gasteiger partial charge in [-0.3, -0.25) is 0 Å². The minimum absolute atomic E-state index is 0.170. The van der Waals surface area contributed by atoms with Crippen molar-refractivity contribution in [3.8, 4) is 0 Å². The molecule has 0 spiro atoms. The van der Waals surface area contributed by atoms with Gasteiger partial charge in [0.05, 0.1) is 5.02 Å². The highest BCUT2D eigenvalue weighted by Crippen LogP contribution is 2.34. The smallest absolute Gasteiger partial charge is 0.207 e. The quantitative estimate of drug-likeness (QED) is 0.839. The second-order valence-electron chi connectivity index (χ2n) is 5.40. The van der Waals surface area contributed by atoms with Crippen LogP contribution in [0.2, 0.25) is 5.02 Å². The maximum Gasteiger partial charge on any atom is 0.246 e. The Kier molecular flexibility index (Phi) is 3.91. The van der Waals surface area contributed by atoms with Crippen molar-refractivity contribution in [2.75, 3.05) is 6.54 Å². The van der Waals surface area contributed by atoms with Crippen LogP contribution in [-0.2, 0) is 10.0 Å². The molecule has 0 bridgehead atoms. The van der Waals surface area contributed by atoms with Crippen molar-refractivity contribution in [2.24, 2.45) is 0 Å². The topological polar surface area (TPSA) is 37.4 Å². The molecule has 0 radical (unpaired) electrons. The Morgan fingerprint density at radius 3 is 2.63 bits per heavy atom. The highest BCUT2D eigenvalue weighted by atomic mass is 35.5. The minimum Gasteiger partial charge on any atom is -0.207 e. The lowest BCUT2D eigenvalue weighted by Gasteiger charge is -2.41. The number of benzene rings is 1. The predicted octanol–water partition coefficient (Wildman–Crippen LogP) is 3.43. The highest BCUT2D eigenvalue weighted by molar-refractivity contribution is 7.89. The number of sulfonamides is 1. The van der Waals surface area contributed by atoms with E-state index in [-0.39, 0.29) is 9.92 Å². The first-order valence-electron chi connectivity index (χ1n) is 6.24. The van der Waals surface area contributed by atoms with E-state index in [4.69, 9.17) is 11.6 Å². The summed E-state index contributed by atoms with van der Waals surface area (Å²) in [6.45, 7) is 4.15. The van der Waals surface area contributed by atoms with E-state index >= 15 is 0 Å². The van der Waals surface area contributed by atoms with Crippen molar-refractivity contribution in [1.29, 1.82) is 0 Å². The number of halogens is 2. The molecule has 1 aromatic rings. The second kappa shape index (κ2) is 5.04. The average molecular weight is 306 g/mol. The summed E-state index contributed by atoms with van der Waals surface area (Å²) in [5.41, 5.74) is -0.494.